The number of hydrogen-bond acceptors (Lipinski definition) is 2. The van der Waals surface area contributed by atoms with Crippen molar-refractivity contribution in [2.75, 3.05) is 13.1 Å². The average molecular weight is 230 g/mol. The van der Waals surface area contributed by atoms with Crippen molar-refractivity contribution < 1.29 is 5.11 Å². The number of hydrogen-bond donors (Lipinski definition) is 3. The summed E-state index contributed by atoms with van der Waals surface area (Å²) in [5.41, 5.74) is 2.08. The minimum Gasteiger partial charge on any atom is -0.507 e. The van der Waals surface area contributed by atoms with Gasteiger partial charge in [0.1, 0.15) is 5.75 Å². The monoisotopic (exact) mass is 230 g/mol. The van der Waals surface area contributed by atoms with E-state index < -0.39 is 0 Å². The molecule has 3 rings (SSSR count). The van der Waals surface area contributed by atoms with Crippen molar-refractivity contribution in [3.8, 4) is 5.75 Å². The van der Waals surface area contributed by atoms with Crippen LogP contribution in [-0.4, -0.2) is 23.2 Å². The molecule has 1 aromatic carbocycles. The maximum absolute atomic E-state index is 10.2. The van der Waals surface area contributed by atoms with Crippen LogP contribution in [0.2, 0.25) is 0 Å². The molecule has 1 fully saturated rings. The normalized spacial score (nSPS) is 20.8. The molecule has 1 unspecified atom stereocenters. The fourth-order valence-electron chi connectivity index (χ4n) is 2.74. The van der Waals surface area contributed by atoms with Crippen LogP contribution in [0.3, 0.4) is 0 Å². The molecule has 90 valence electrons. The van der Waals surface area contributed by atoms with E-state index in [9.17, 15) is 5.11 Å². The highest BCUT2D eigenvalue weighted by Gasteiger charge is 2.16. The third-order valence-electron chi connectivity index (χ3n) is 3.70. The second-order valence-corrected chi connectivity index (χ2v) is 4.93. The lowest BCUT2D eigenvalue weighted by Crippen LogP contribution is -2.30. The molecule has 2 aromatic rings. The molecule has 1 aliphatic heterocycles. The molecule has 0 aliphatic carbocycles. The average Bonchev–Trinajstić information content (AvgIpc) is 2.83. The quantitative estimate of drug-likeness (QED) is 0.742. The van der Waals surface area contributed by atoms with Crippen molar-refractivity contribution in [1.29, 1.82) is 0 Å². The van der Waals surface area contributed by atoms with Crippen LogP contribution < -0.4 is 5.32 Å². The number of phenolic OH excluding ortho intramolecular Hbond substituents is 1. The van der Waals surface area contributed by atoms with E-state index in [1.54, 1.807) is 0 Å². The largest absolute Gasteiger partial charge is 0.507 e. The van der Waals surface area contributed by atoms with E-state index in [4.69, 9.17) is 0 Å². The van der Waals surface area contributed by atoms with Gasteiger partial charge in [0, 0.05) is 17.1 Å². The number of nitrogens with one attached hydrogen (secondary N) is 2. The van der Waals surface area contributed by atoms with Crippen molar-refractivity contribution >= 4 is 10.9 Å². The van der Waals surface area contributed by atoms with Gasteiger partial charge in [0.25, 0.3) is 0 Å². The van der Waals surface area contributed by atoms with Gasteiger partial charge >= 0.3 is 0 Å². The third-order valence-corrected chi connectivity index (χ3v) is 3.70. The fraction of sp³-hybridized carbons (Fsp3) is 0.429. The van der Waals surface area contributed by atoms with Gasteiger partial charge < -0.3 is 15.4 Å². The summed E-state index contributed by atoms with van der Waals surface area (Å²) in [4.78, 5) is 3.12. The molecule has 3 N–H and O–H groups in total. The van der Waals surface area contributed by atoms with Crippen molar-refractivity contribution in [2.24, 2.45) is 5.92 Å². The van der Waals surface area contributed by atoms with E-state index >= 15 is 0 Å². The molecule has 0 bridgehead atoms. The van der Waals surface area contributed by atoms with E-state index in [0.717, 1.165) is 36.0 Å². The van der Waals surface area contributed by atoms with Crippen molar-refractivity contribution in [3.05, 3.63) is 30.0 Å². The van der Waals surface area contributed by atoms with Crippen LogP contribution in [0.1, 0.15) is 18.4 Å². The number of H-pyrrole nitrogens is 1. The van der Waals surface area contributed by atoms with Crippen LogP contribution in [0, 0.1) is 5.92 Å². The second-order valence-electron chi connectivity index (χ2n) is 4.93. The first-order valence-corrected chi connectivity index (χ1v) is 6.33. The van der Waals surface area contributed by atoms with E-state index in [-0.39, 0.29) is 0 Å². The first-order valence-electron chi connectivity index (χ1n) is 6.33. The number of fused-ring (bicyclic) bond motifs is 1. The third kappa shape index (κ3) is 2.03. The zero-order chi connectivity index (χ0) is 11.7. The summed E-state index contributed by atoms with van der Waals surface area (Å²) >= 11 is 0. The van der Waals surface area contributed by atoms with E-state index in [2.05, 4.69) is 16.4 Å². The van der Waals surface area contributed by atoms with Crippen molar-refractivity contribution in [2.45, 2.75) is 19.3 Å². The molecule has 0 radical (unpaired) electrons. The first-order chi connectivity index (χ1) is 8.34. The van der Waals surface area contributed by atoms with Gasteiger partial charge in [0.05, 0.1) is 0 Å². The number of rotatable bonds is 2. The Hall–Kier alpha value is -1.48. The SMILES string of the molecule is Oc1c(CC2CCCNC2)ccc2[nH]ccc12. The number of piperidine rings is 1. The zero-order valence-corrected chi connectivity index (χ0v) is 9.87. The predicted molar refractivity (Wildman–Crippen MR) is 69.3 cm³/mol. The highest BCUT2D eigenvalue weighted by molar-refractivity contribution is 5.86. The standard InChI is InChI=1S/C14H18N2O/c17-14-11(8-10-2-1-6-15-9-10)3-4-13-12(14)5-7-16-13/h3-5,7,10,15-17H,1-2,6,8-9H2. The van der Waals surface area contributed by atoms with E-state index in [0.29, 0.717) is 11.7 Å². The Morgan fingerprint density at radius 3 is 3.06 bits per heavy atom. The number of benzene rings is 1. The van der Waals surface area contributed by atoms with Crippen LogP contribution in [-0.2, 0) is 6.42 Å². The molecule has 1 aliphatic rings. The van der Waals surface area contributed by atoms with Crippen molar-refractivity contribution in [3.63, 3.8) is 0 Å². The van der Waals surface area contributed by atoms with Gasteiger partial charge in [-0.2, -0.15) is 0 Å². The maximum atomic E-state index is 10.2. The first kappa shape index (κ1) is 10.7. The highest BCUT2D eigenvalue weighted by Crippen LogP contribution is 2.30. The molecule has 1 saturated heterocycles. The summed E-state index contributed by atoms with van der Waals surface area (Å²) in [6, 6.07) is 6.04. The van der Waals surface area contributed by atoms with Crippen molar-refractivity contribution in [1.82, 2.24) is 10.3 Å². The molecule has 3 nitrogen and oxygen atoms in total. The summed E-state index contributed by atoms with van der Waals surface area (Å²) in [6.07, 6.45) is 5.35. The van der Waals surface area contributed by atoms with Crippen LogP contribution in [0.4, 0.5) is 0 Å². The van der Waals surface area contributed by atoms with Crippen LogP contribution >= 0.6 is 0 Å². The van der Waals surface area contributed by atoms with Gasteiger partial charge in [-0.15, -0.1) is 0 Å². The summed E-state index contributed by atoms with van der Waals surface area (Å²) in [7, 11) is 0. The molecule has 1 aromatic heterocycles. The molecule has 1 atom stereocenters. The van der Waals surface area contributed by atoms with Gasteiger partial charge in [0.2, 0.25) is 0 Å². The molecule has 2 heterocycles. The van der Waals surface area contributed by atoms with Gasteiger partial charge in [-0.25, -0.2) is 0 Å². The Morgan fingerprint density at radius 2 is 2.24 bits per heavy atom. The Kier molecular flexibility index (Phi) is 2.77. The smallest absolute Gasteiger partial charge is 0.128 e. The molecule has 0 saturated carbocycles. The Labute approximate surface area is 101 Å². The van der Waals surface area contributed by atoms with Crippen LogP contribution in [0.15, 0.2) is 24.4 Å². The molecular weight excluding hydrogens is 212 g/mol. The summed E-state index contributed by atoms with van der Waals surface area (Å²) in [6.45, 7) is 2.21. The predicted octanol–water partition coefficient (Wildman–Crippen LogP) is 2.42. The fourth-order valence-corrected chi connectivity index (χ4v) is 2.74. The number of phenols is 1. The zero-order valence-electron chi connectivity index (χ0n) is 9.87. The van der Waals surface area contributed by atoms with Gasteiger partial charge in [0.15, 0.2) is 0 Å². The van der Waals surface area contributed by atoms with E-state index in [1.807, 2.05) is 18.3 Å². The second kappa shape index (κ2) is 4.41. The molecule has 0 amide bonds. The highest BCUT2D eigenvalue weighted by atomic mass is 16.3. The lowest BCUT2D eigenvalue weighted by Gasteiger charge is -2.23. The molecule has 17 heavy (non-hydrogen) atoms. The van der Waals surface area contributed by atoms with E-state index in [1.165, 1.54) is 12.8 Å². The van der Waals surface area contributed by atoms with Crippen LogP contribution in [0.5, 0.6) is 5.75 Å². The Balaban J connectivity index is 1.86. The topological polar surface area (TPSA) is 48.0 Å². The summed E-state index contributed by atoms with van der Waals surface area (Å²) in [5.74, 6) is 1.11. The van der Waals surface area contributed by atoms with Gasteiger partial charge in [-0.05, 0) is 56.0 Å². The van der Waals surface area contributed by atoms with Crippen LogP contribution in [0.25, 0.3) is 10.9 Å². The lowest BCUT2D eigenvalue weighted by atomic mass is 9.91. The lowest BCUT2D eigenvalue weighted by molar-refractivity contribution is 0.370. The Morgan fingerprint density at radius 1 is 1.29 bits per heavy atom. The van der Waals surface area contributed by atoms with Gasteiger partial charge in [-0.3, -0.25) is 0 Å². The number of aromatic amines is 1. The minimum atomic E-state index is 0.453. The number of aromatic hydroxyl groups is 1. The summed E-state index contributed by atoms with van der Waals surface area (Å²) < 4.78 is 0. The molecule has 3 heteroatoms. The minimum absolute atomic E-state index is 0.453. The Bertz CT molecular complexity index is 512. The maximum Gasteiger partial charge on any atom is 0.128 e. The number of aromatic nitrogens is 1. The summed E-state index contributed by atoms with van der Waals surface area (Å²) in [5, 5.41) is 14.6. The van der Waals surface area contributed by atoms with Gasteiger partial charge in [-0.1, -0.05) is 6.07 Å². The molecule has 0 spiro atoms. The molecular formula is C14H18N2O.